The van der Waals surface area contributed by atoms with Crippen LogP contribution in [0.15, 0.2) is 71.6 Å². The molecule has 1 amide bonds. The first kappa shape index (κ1) is 21.2. The number of fused-ring (bicyclic) bond motifs is 1. The second kappa shape index (κ2) is 8.61. The minimum absolute atomic E-state index is 0.0855. The van der Waals surface area contributed by atoms with E-state index in [-0.39, 0.29) is 23.1 Å². The summed E-state index contributed by atoms with van der Waals surface area (Å²) in [6.45, 7) is 1.71. The van der Waals surface area contributed by atoms with E-state index in [1.807, 2.05) is 42.5 Å². The van der Waals surface area contributed by atoms with Gasteiger partial charge in [0.15, 0.2) is 5.78 Å². The molecule has 3 aromatic carbocycles. The average Bonchev–Trinajstić information content (AvgIpc) is 2.79. The normalized spacial score (nSPS) is 17.4. The molecule has 1 fully saturated rings. The summed E-state index contributed by atoms with van der Waals surface area (Å²) >= 11 is 0. The van der Waals surface area contributed by atoms with Gasteiger partial charge in [-0.3, -0.25) is 9.59 Å². The lowest BCUT2D eigenvalue weighted by atomic mass is 10.0. The number of ketones is 1. The molecular formula is C24H24N2O4S. The topological polar surface area (TPSA) is 83.6 Å². The number of carbonyl (C=O) groups excluding carboxylic acids is 2. The van der Waals surface area contributed by atoms with Crippen LogP contribution < -0.4 is 5.32 Å². The number of piperidine rings is 1. The van der Waals surface area contributed by atoms with Crippen molar-refractivity contribution in [2.24, 2.45) is 0 Å². The van der Waals surface area contributed by atoms with Crippen LogP contribution in [0.5, 0.6) is 0 Å². The Hall–Kier alpha value is -3.03. The van der Waals surface area contributed by atoms with Gasteiger partial charge >= 0.3 is 0 Å². The fourth-order valence-electron chi connectivity index (χ4n) is 4.00. The third kappa shape index (κ3) is 4.24. The zero-order chi connectivity index (χ0) is 22.0. The van der Waals surface area contributed by atoms with E-state index in [0.29, 0.717) is 24.1 Å². The van der Waals surface area contributed by atoms with Gasteiger partial charge < -0.3 is 5.32 Å². The highest BCUT2D eigenvalue weighted by Crippen LogP contribution is 2.28. The quantitative estimate of drug-likeness (QED) is 0.607. The summed E-state index contributed by atoms with van der Waals surface area (Å²) in [5, 5.41) is 4.85. The number of Topliss-reactive ketones (excluding diaryl/α,β-unsaturated/α-hetero) is 1. The summed E-state index contributed by atoms with van der Waals surface area (Å²) in [5.41, 5.74) is 1.11. The van der Waals surface area contributed by atoms with Crippen LogP contribution >= 0.6 is 0 Å². The number of hydrogen-bond donors (Lipinski definition) is 1. The predicted molar refractivity (Wildman–Crippen MR) is 121 cm³/mol. The lowest BCUT2D eigenvalue weighted by Gasteiger charge is -2.33. The van der Waals surface area contributed by atoms with Crippen LogP contribution in [0.3, 0.4) is 0 Å². The summed E-state index contributed by atoms with van der Waals surface area (Å²) in [6.07, 6.45) is 1.94. The van der Waals surface area contributed by atoms with Crippen molar-refractivity contribution in [3.63, 3.8) is 0 Å². The first-order valence-electron chi connectivity index (χ1n) is 10.3. The standard InChI is InChI=1S/C24H24N2O4S/c1-17(27)18-12-14-20(15-13-18)31(29,30)26-16-5-4-11-23(26)24(28)25-22-10-6-8-19-7-2-3-9-21(19)22/h2-3,6-10,12-15,23H,4-5,11,16H2,1H3,(H,25,28). The number of carbonyl (C=O) groups is 2. The van der Waals surface area contributed by atoms with E-state index in [9.17, 15) is 18.0 Å². The van der Waals surface area contributed by atoms with Gasteiger partial charge in [0.2, 0.25) is 15.9 Å². The lowest BCUT2D eigenvalue weighted by Crippen LogP contribution is -2.49. The number of sulfonamides is 1. The highest BCUT2D eigenvalue weighted by molar-refractivity contribution is 7.89. The van der Waals surface area contributed by atoms with E-state index in [0.717, 1.165) is 17.2 Å². The van der Waals surface area contributed by atoms with E-state index >= 15 is 0 Å². The zero-order valence-electron chi connectivity index (χ0n) is 17.2. The Labute approximate surface area is 181 Å². The van der Waals surface area contributed by atoms with Gasteiger partial charge in [-0.1, -0.05) is 55.0 Å². The summed E-state index contributed by atoms with van der Waals surface area (Å²) in [5.74, 6) is -0.464. The van der Waals surface area contributed by atoms with Crippen molar-refractivity contribution in [2.75, 3.05) is 11.9 Å². The van der Waals surface area contributed by atoms with Crippen LogP contribution in [0.1, 0.15) is 36.5 Å². The minimum atomic E-state index is -3.87. The molecule has 1 unspecified atom stereocenters. The Morgan fingerprint density at radius 2 is 1.65 bits per heavy atom. The third-order valence-electron chi connectivity index (χ3n) is 5.67. The summed E-state index contributed by atoms with van der Waals surface area (Å²) in [6, 6.07) is 18.5. The van der Waals surface area contributed by atoms with Gasteiger partial charge in [-0.2, -0.15) is 4.31 Å². The van der Waals surface area contributed by atoms with Crippen molar-refractivity contribution in [1.29, 1.82) is 0 Å². The Balaban J connectivity index is 1.62. The van der Waals surface area contributed by atoms with Crippen molar-refractivity contribution >= 4 is 38.2 Å². The monoisotopic (exact) mass is 436 g/mol. The smallest absolute Gasteiger partial charge is 0.243 e. The molecule has 0 spiro atoms. The molecule has 31 heavy (non-hydrogen) atoms. The van der Waals surface area contributed by atoms with Crippen LogP contribution in [0, 0.1) is 0 Å². The Bertz CT molecular complexity index is 1230. The molecule has 1 N–H and O–H groups in total. The molecule has 3 aromatic rings. The molecule has 0 radical (unpaired) electrons. The van der Waals surface area contributed by atoms with Crippen LogP contribution in [0.2, 0.25) is 0 Å². The molecule has 1 heterocycles. The maximum Gasteiger partial charge on any atom is 0.243 e. The fraction of sp³-hybridized carbons (Fsp3) is 0.250. The number of nitrogens with one attached hydrogen (secondary N) is 1. The first-order chi connectivity index (χ1) is 14.9. The predicted octanol–water partition coefficient (Wildman–Crippen LogP) is 4.22. The number of nitrogens with zero attached hydrogens (tertiary/aromatic N) is 1. The second-order valence-corrected chi connectivity index (χ2v) is 9.61. The Morgan fingerprint density at radius 1 is 0.935 bits per heavy atom. The van der Waals surface area contributed by atoms with Crippen molar-refractivity contribution in [1.82, 2.24) is 4.31 Å². The molecule has 1 saturated heterocycles. The maximum absolute atomic E-state index is 13.3. The lowest BCUT2D eigenvalue weighted by molar-refractivity contribution is -0.120. The maximum atomic E-state index is 13.3. The van der Waals surface area contributed by atoms with Crippen LogP contribution in [-0.4, -0.2) is 37.0 Å². The summed E-state index contributed by atoms with van der Waals surface area (Å²) in [4.78, 5) is 24.8. The number of hydrogen-bond acceptors (Lipinski definition) is 4. The van der Waals surface area contributed by atoms with Gasteiger partial charge in [-0.25, -0.2) is 8.42 Å². The van der Waals surface area contributed by atoms with Gasteiger partial charge in [-0.15, -0.1) is 0 Å². The van der Waals surface area contributed by atoms with Gasteiger partial charge in [0.25, 0.3) is 0 Å². The van der Waals surface area contributed by atoms with E-state index in [1.54, 1.807) is 0 Å². The fourth-order valence-corrected chi connectivity index (χ4v) is 5.66. The van der Waals surface area contributed by atoms with E-state index in [2.05, 4.69) is 5.32 Å². The molecule has 1 aliphatic heterocycles. The SMILES string of the molecule is CC(=O)c1ccc(S(=O)(=O)N2CCCCC2C(=O)Nc2cccc3ccccc23)cc1. The van der Waals surface area contributed by atoms with Crippen LogP contribution in [-0.2, 0) is 14.8 Å². The average molecular weight is 437 g/mol. The van der Waals surface area contributed by atoms with Crippen molar-refractivity contribution in [2.45, 2.75) is 37.1 Å². The highest BCUT2D eigenvalue weighted by atomic mass is 32.2. The highest BCUT2D eigenvalue weighted by Gasteiger charge is 2.37. The first-order valence-corrected chi connectivity index (χ1v) is 11.7. The molecule has 0 aromatic heterocycles. The second-order valence-electron chi connectivity index (χ2n) is 7.72. The zero-order valence-corrected chi connectivity index (χ0v) is 18.1. The Morgan fingerprint density at radius 3 is 2.39 bits per heavy atom. The number of amides is 1. The van der Waals surface area contributed by atoms with Crippen LogP contribution in [0.25, 0.3) is 10.8 Å². The van der Waals surface area contributed by atoms with Gasteiger partial charge in [0.05, 0.1) is 4.90 Å². The summed E-state index contributed by atoms with van der Waals surface area (Å²) in [7, 11) is -3.87. The molecule has 160 valence electrons. The van der Waals surface area contributed by atoms with Gasteiger partial charge in [0, 0.05) is 23.2 Å². The van der Waals surface area contributed by atoms with Crippen molar-refractivity contribution in [3.8, 4) is 0 Å². The molecule has 7 heteroatoms. The number of benzene rings is 3. The van der Waals surface area contributed by atoms with Crippen molar-refractivity contribution in [3.05, 3.63) is 72.3 Å². The molecule has 1 aliphatic rings. The van der Waals surface area contributed by atoms with Crippen molar-refractivity contribution < 1.29 is 18.0 Å². The van der Waals surface area contributed by atoms with E-state index < -0.39 is 16.1 Å². The molecule has 0 aliphatic carbocycles. The molecular weight excluding hydrogens is 412 g/mol. The molecule has 4 rings (SSSR count). The number of rotatable bonds is 5. The molecule has 1 atom stereocenters. The molecule has 0 bridgehead atoms. The van der Waals surface area contributed by atoms with Crippen LogP contribution in [0.4, 0.5) is 5.69 Å². The molecule has 6 nitrogen and oxygen atoms in total. The van der Waals surface area contributed by atoms with E-state index in [4.69, 9.17) is 0 Å². The number of anilines is 1. The minimum Gasteiger partial charge on any atom is -0.324 e. The third-order valence-corrected chi connectivity index (χ3v) is 7.59. The van der Waals surface area contributed by atoms with Gasteiger partial charge in [0.1, 0.15) is 6.04 Å². The molecule has 0 saturated carbocycles. The summed E-state index contributed by atoms with van der Waals surface area (Å²) < 4.78 is 27.9. The van der Waals surface area contributed by atoms with E-state index in [1.165, 1.54) is 35.5 Å². The van der Waals surface area contributed by atoms with Gasteiger partial charge in [-0.05, 0) is 43.4 Å². The largest absolute Gasteiger partial charge is 0.324 e. The Kier molecular flexibility index (Phi) is 5.89.